The quantitative estimate of drug-likeness (QED) is 0.295. The van der Waals surface area contributed by atoms with Crippen LogP contribution < -0.4 is 29.6 Å². The van der Waals surface area contributed by atoms with Crippen molar-refractivity contribution in [2.24, 2.45) is 0 Å². The maximum Gasteiger partial charge on any atom is 1.00 e. The molecule has 0 N–H and O–H groups in total. The molecule has 0 fully saturated rings. The van der Waals surface area contributed by atoms with E-state index in [2.05, 4.69) is 0 Å². The van der Waals surface area contributed by atoms with Crippen molar-refractivity contribution >= 4 is 10.1 Å². The Morgan fingerprint density at radius 1 is 1.38 bits per heavy atom. The van der Waals surface area contributed by atoms with Crippen LogP contribution in [0.15, 0.2) is 0 Å². The molecule has 0 heterocycles. The molecule has 0 atom stereocenters. The molecule has 0 rings (SSSR count). The molecule has 1 radical (unpaired) electrons. The minimum absolute atomic E-state index is 0. The van der Waals surface area contributed by atoms with Crippen molar-refractivity contribution in [1.82, 2.24) is 0 Å². The van der Waals surface area contributed by atoms with E-state index in [4.69, 9.17) is 0 Å². The van der Waals surface area contributed by atoms with E-state index in [-0.39, 0.29) is 29.6 Å². The fraction of sp³-hybridized carbons (Fsp3) is 1.00. The molecule has 0 saturated heterocycles. The second-order valence-electron chi connectivity index (χ2n) is 0.966. The monoisotopic (exact) mass is 147 g/mol. The molecule has 0 amide bonds. The summed E-state index contributed by atoms with van der Waals surface area (Å²) >= 11 is 0. The summed E-state index contributed by atoms with van der Waals surface area (Å²) in [5.74, 6) is -0.799. The summed E-state index contributed by atoms with van der Waals surface area (Å²) in [6, 6.07) is 0. The molecule has 0 saturated carbocycles. The largest absolute Gasteiger partial charge is 1.00 e. The molecule has 6 heteroatoms. The van der Waals surface area contributed by atoms with Crippen molar-refractivity contribution in [3.63, 3.8) is 0 Å². The van der Waals surface area contributed by atoms with Gasteiger partial charge in [-0.25, -0.2) is 13.5 Å². The zero-order valence-electron chi connectivity index (χ0n) is 4.46. The number of rotatable bonds is 2. The van der Waals surface area contributed by atoms with Crippen LogP contribution in [0, 0.1) is 0 Å². The van der Waals surface area contributed by atoms with Crippen LogP contribution >= 0.6 is 0 Å². The first-order valence-corrected chi connectivity index (χ1v) is 3.15. The van der Waals surface area contributed by atoms with Gasteiger partial charge >= 0.3 is 29.6 Å². The van der Waals surface area contributed by atoms with Crippen LogP contribution in [0.2, 0.25) is 0 Å². The van der Waals surface area contributed by atoms with E-state index in [9.17, 15) is 18.1 Å². The summed E-state index contributed by atoms with van der Waals surface area (Å²) in [5.41, 5.74) is 0. The predicted octanol–water partition coefficient (Wildman–Crippen LogP) is -4.03. The molecular formula is C2H4NaO4S. The van der Waals surface area contributed by atoms with Crippen LogP contribution in [0.1, 0.15) is 0 Å². The normalized spacial score (nSPS) is 10.2. The summed E-state index contributed by atoms with van der Waals surface area (Å²) in [4.78, 5) is 0. The van der Waals surface area contributed by atoms with Crippen molar-refractivity contribution in [3.8, 4) is 0 Å². The van der Waals surface area contributed by atoms with E-state index in [0.29, 0.717) is 0 Å². The second-order valence-corrected chi connectivity index (χ2v) is 2.49. The van der Waals surface area contributed by atoms with Gasteiger partial charge in [0.05, 0.1) is 22.5 Å². The van der Waals surface area contributed by atoms with Gasteiger partial charge in [0.1, 0.15) is 0 Å². The Labute approximate surface area is 69.9 Å². The smallest absolute Gasteiger partial charge is 0.748 e. The van der Waals surface area contributed by atoms with Crippen LogP contribution in [0.3, 0.4) is 0 Å². The Balaban J connectivity index is 0. The van der Waals surface area contributed by atoms with Gasteiger partial charge in [0.25, 0.3) is 0 Å². The summed E-state index contributed by atoms with van der Waals surface area (Å²) in [6.45, 7) is -0.841. The van der Waals surface area contributed by atoms with Gasteiger partial charge in [-0.1, -0.05) is 0 Å². The zero-order chi connectivity index (χ0) is 5.91. The molecule has 0 aromatic heterocycles. The first kappa shape index (κ1) is 11.6. The van der Waals surface area contributed by atoms with Gasteiger partial charge in [-0.3, -0.25) is 0 Å². The zero-order valence-corrected chi connectivity index (χ0v) is 7.27. The Morgan fingerprint density at radius 2 is 1.75 bits per heavy atom. The van der Waals surface area contributed by atoms with E-state index in [1.807, 2.05) is 0 Å². The van der Waals surface area contributed by atoms with Crippen molar-refractivity contribution in [1.29, 1.82) is 0 Å². The molecule has 4 nitrogen and oxygen atoms in total. The Morgan fingerprint density at radius 3 is 1.75 bits per heavy atom. The standard InChI is InChI=1S/C2H5O4S.Na/c3-1-2-7(4,5)6;/h1-2H2,(H,4,5,6);/q;+1/p-1. The van der Waals surface area contributed by atoms with Gasteiger partial charge < -0.3 is 4.55 Å². The van der Waals surface area contributed by atoms with E-state index in [0.717, 1.165) is 0 Å². The molecule has 0 aliphatic heterocycles. The summed E-state index contributed by atoms with van der Waals surface area (Å²) in [5, 5.41) is 9.37. The summed E-state index contributed by atoms with van der Waals surface area (Å²) < 4.78 is 28.4. The number of hydrogen-bond donors (Lipinski definition) is 0. The summed E-state index contributed by atoms with van der Waals surface area (Å²) in [7, 11) is -4.24. The van der Waals surface area contributed by atoms with Gasteiger partial charge in [0.2, 0.25) is 0 Å². The third kappa shape index (κ3) is 9.98. The molecule has 0 aromatic carbocycles. The average molecular weight is 147 g/mol. The predicted molar refractivity (Wildman–Crippen MR) is 20.1 cm³/mol. The van der Waals surface area contributed by atoms with Crippen LogP contribution in [0.25, 0.3) is 0 Å². The fourth-order valence-electron chi connectivity index (χ4n) is 0.102. The molecule has 0 bridgehead atoms. The molecule has 0 unspecified atom stereocenters. The topological polar surface area (TPSA) is 77.1 Å². The van der Waals surface area contributed by atoms with Crippen LogP contribution in [0.4, 0.5) is 0 Å². The number of hydrogen-bond acceptors (Lipinski definition) is 3. The van der Waals surface area contributed by atoms with E-state index in [1.165, 1.54) is 0 Å². The molecule has 0 spiro atoms. The molecule has 43 valence electrons. The Bertz CT molecular complexity index is 127. The van der Waals surface area contributed by atoms with Crippen LogP contribution in [-0.4, -0.2) is 25.3 Å². The van der Waals surface area contributed by atoms with E-state index in [1.54, 1.807) is 0 Å². The SMILES string of the molecule is [Na+].[O]CCS(=O)(=O)[O-]. The minimum atomic E-state index is -4.24. The van der Waals surface area contributed by atoms with Gasteiger partial charge in [-0.15, -0.1) is 0 Å². The maximum absolute atomic E-state index is 9.48. The fourth-order valence-corrected chi connectivity index (χ4v) is 0.306. The third-order valence-electron chi connectivity index (χ3n) is 0.333. The Hall–Kier alpha value is 0.870. The summed E-state index contributed by atoms with van der Waals surface area (Å²) in [6.07, 6.45) is 0. The second kappa shape index (κ2) is 4.72. The van der Waals surface area contributed by atoms with Gasteiger partial charge in [-0.2, -0.15) is 0 Å². The van der Waals surface area contributed by atoms with Crippen molar-refractivity contribution < 1.29 is 47.6 Å². The van der Waals surface area contributed by atoms with E-state index < -0.39 is 22.5 Å². The third-order valence-corrected chi connectivity index (χ3v) is 1.000. The van der Waals surface area contributed by atoms with Crippen molar-refractivity contribution in [2.75, 3.05) is 12.4 Å². The van der Waals surface area contributed by atoms with Crippen molar-refractivity contribution in [3.05, 3.63) is 0 Å². The van der Waals surface area contributed by atoms with Gasteiger partial charge in [0.15, 0.2) is 0 Å². The first-order chi connectivity index (χ1) is 3.06. The van der Waals surface area contributed by atoms with Crippen molar-refractivity contribution in [2.45, 2.75) is 0 Å². The molecular weight excluding hydrogens is 143 g/mol. The van der Waals surface area contributed by atoms with E-state index >= 15 is 0 Å². The van der Waals surface area contributed by atoms with Gasteiger partial charge in [0, 0.05) is 0 Å². The van der Waals surface area contributed by atoms with Crippen LogP contribution in [-0.2, 0) is 15.2 Å². The maximum atomic E-state index is 9.48. The Kier molecular flexibility index (Phi) is 6.87. The average Bonchev–Trinajstić information content (AvgIpc) is 1.30. The molecule has 0 aliphatic rings. The molecule has 0 aromatic rings. The molecule has 8 heavy (non-hydrogen) atoms. The minimum Gasteiger partial charge on any atom is -0.748 e. The molecule has 0 aliphatic carbocycles. The van der Waals surface area contributed by atoms with Crippen LogP contribution in [0.5, 0.6) is 0 Å². The first-order valence-electron chi connectivity index (χ1n) is 1.58. The van der Waals surface area contributed by atoms with Gasteiger partial charge in [-0.05, 0) is 0 Å².